The summed E-state index contributed by atoms with van der Waals surface area (Å²) < 4.78 is 0. The molecule has 1 aromatic rings. The number of aryl methyl sites for hydroxylation is 1. The van der Waals surface area contributed by atoms with Crippen LogP contribution in [0.5, 0.6) is 0 Å². The van der Waals surface area contributed by atoms with E-state index in [1.54, 1.807) is 11.3 Å². The Morgan fingerprint density at radius 2 is 2.17 bits per heavy atom. The second kappa shape index (κ2) is 7.48. The number of carbonyl (C=O) groups is 1. The zero-order chi connectivity index (χ0) is 13.5. The van der Waals surface area contributed by atoms with Crippen molar-refractivity contribution in [3.63, 3.8) is 0 Å². The van der Waals surface area contributed by atoms with E-state index in [1.807, 2.05) is 12.4 Å². The molecule has 0 aliphatic heterocycles. The van der Waals surface area contributed by atoms with Crippen molar-refractivity contribution in [2.45, 2.75) is 40.2 Å². The first-order chi connectivity index (χ1) is 8.50. The van der Waals surface area contributed by atoms with Gasteiger partial charge >= 0.3 is 0 Å². The van der Waals surface area contributed by atoms with Crippen molar-refractivity contribution in [1.82, 2.24) is 15.6 Å². The van der Waals surface area contributed by atoms with Gasteiger partial charge in [0.05, 0.1) is 11.2 Å². The average Bonchev–Trinajstić information content (AvgIpc) is 2.72. The second-order valence-electron chi connectivity index (χ2n) is 4.93. The Morgan fingerprint density at radius 1 is 1.44 bits per heavy atom. The molecule has 1 aromatic heterocycles. The lowest BCUT2D eigenvalue weighted by atomic mass is 10.2. The van der Waals surface area contributed by atoms with Crippen LogP contribution in [-0.2, 0) is 4.79 Å². The van der Waals surface area contributed by atoms with Crippen LogP contribution < -0.4 is 10.6 Å². The molecule has 1 atom stereocenters. The summed E-state index contributed by atoms with van der Waals surface area (Å²) >= 11 is 1.66. The molecule has 5 heteroatoms. The first-order valence-corrected chi connectivity index (χ1v) is 7.28. The number of carbonyl (C=O) groups excluding carboxylic acids is 1. The molecule has 1 heterocycles. The van der Waals surface area contributed by atoms with Crippen LogP contribution >= 0.6 is 11.3 Å². The largest absolute Gasteiger partial charge is 0.356 e. The lowest BCUT2D eigenvalue weighted by Crippen LogP contribution is -2.31. The highest BCUT2D eigenvalue weighted by Gasteiger charge is 2.10. The van der Waals surface area contributed by atoms with Gasteiger partial charge in [-0.25, -0.2) is 4.98 Å². The van der Waals surface area contributed by atoms with Crippen molar-refractivity contribution >= 4 is 17.2 Å². The van der Waals surface area contributed by atoms with E-state index in [0.29, 0.717) is 18.9 Å². The molecule has 0 saturated heterocycles. The SMILES string of the molecule is Cc1ncsc1C(C)NCCC(=O)NCC(C)C. The Balaban J connectivity index is 2.22. The minimum absolute atomic E-state index is 0.115. The van der Waals surface area contributed by atoms with E-state index in [2.05, 4.69) is 36.4 Å². The summed E-state index contributed by atoms with van der Waals surface area (Å²) in [4.78, 5) is 17.0. The summed E-state index contributed by atoms with van der Waals surface area (Å²) in [7, 11) is 0. The molecule has 0 aliphatic rings. The summed E-state index contributed by atoms with van der Waals surface area (Å²) in [5.74, 6) is 0.616. The maximum atomic E-state index is 11.5. The van der Waals surface area contributed by atoms with Gasteiger partial charge in [-0.2, -0.15) is 0 Å². The summed E-state index contributed by atoms with van der Waals surface area (Å²) in [5.41, 5.74) is 2.93. The fourth-order valence-corrected chi connectivity index (χ4v) is 2.46. The third kappa shape index (κ3) is 5.14. The van der Waals surface area contributed by atoms with E-state index in [1.165, 1.54) is 4.88 Å². The zero-order valence-corrected chi connectivity index (χ0v) is 12.4. The van der Waals surface area contributed by atoms with Crippen LogP contribution in [0.2, 0.25) is 0 Å². The number of rotatable bonds is 7. The van der Waals surface area contributed by atoms with Gasteiger partial charge < -0.3 is 10.6 Å². The fraction of sp³-hybridized carbons (Fsp3) is 0.692. The number of nitrogens with zero attached hydrogens (tertiary/aromatic N) is 1. The Bertz CT molecular complexity index is 376. The minimum Gasteiger partial charge on any atom is -0.356 e. The fourth-order valence-electron chi connectivity index (χ4n) is 1.63. The number of hydrogen-bond donors (Lipinski definition) is 2. The highest BCUT2D eigenvalue weighted by molar-refractivity contribution is 7.09. The molecule has 0 radical (unpaired) electrons. The molecule has 0 fully saturated rings. The Labute approximate surface area is 113 Å². The molecule has 102 valence electrons. The van der Waals surface area contributed by atoms with Gasteiger partial charge in [-0.1, -0.05) is 13.8 Å². The van der Waals surface area contributed by atoms with Gasteiger partial charge in [0.2, 0.25) is 5.91 Å². The zero-order valence-electron chi connectivity index (χ0n) is 11.6. The summed E-state index contributed by atoms with van der Waals surface area (Å²) in [6.45, 7) is 9.75. The summed E-state index contributed by atoms with van der Waals surface area (Å²) in [5, 5.41) is 6.27. The Kier molecular flexibility index (Phi) is 6.29. The van der Waals surface area contributed by atoms with Crippen LogP contribution in [0.15, 0.2) is 5.51 Å². The number of nitrogens with one attached hydrogen (secondary N) is 2. The third-order valence-electron chi connectivity index (χ3n) is 2.69. The standard InChI is InChI=1S/C13H23N3OS/c1-9(2)7-15-12(17)5-6-14-10(3)13-11(4)16-8-18-13/h8-10,14H,5-7H2,1-4H3,(H,15,17). The van der Waals surface area contributed by atoms with Gasteiger partial charge in [0.15, 0.2) is 0 Å². The quantitative estimate of drug-likeness (QED) is 0.798. The van der Waals surface area contributed by atoms with E-state index in [-0.39, 0.29) is 11.9 Å². The van der Waals surface area contributed by atoms with Crippen molar-refractivity contribution in [1.29, 1.82) is 0 Å². The van der Waals surface area contributed by atoms with Gasteiger partial charge in [0.1, 0.15) is 0 Å². The molecule has 0 spiro atoms. The molecular weight excluding hydrogens is 246 g/mol. The lowest BCUT2D eigenvalue weighted by molar-refractivity contribution is -0.121. The van der Waals surface area contributed by atoms with Crippen LogP contribution in [0.1, 0.15) is 43.8 Å². The van der Waals surface area contributed by atoms with Gasteiger partial charge in [0.25, 0.3) is 0 Å². The van der Waals surface area contributed by atoms with Crippen LogP contribution in [-0.4, -0.2) is 24.0 Å². The highest BCUT2D eigenvalue weighted by atomic mass is 32.1. The van der Waals surface area contributed by atoms with Gasteiger partial charge in [-0.15, -0.1) is 11.3 Å². The highest BCUT2D eigenvalue weighted by Crippen LogP contribution is 2.20. The molecule has 18 heavy (non-hydrogen) atoms. The van der Waals surface area contributed by atoms with Crippen LogP contribution in [0.3, 0.4) is 0 Å². The predicted molar refractivity (Wildman–Crippen MR) is 75.7 cm³/mol. The van der Waals surface area contributed by atoms with Gasteiger partial charge in [-0.3, -0.25) is 4.79 Å². The van der Waals surface area contributed by atoms with Crippen molar-refractivity contribution in [2.75, 3.05) is 13.1 Å². The van der Waals surface area contributed by atoms with Gasteiger partial charge in [-0.05, 0) is 19.8 Å². The maximum Gasteiger partial charge on any atom is 0.221 e. The van der Waals surface area contributed by atoms with Crippen molar-refractivity contribution in [3.8, 4) is 0 Å². The van der Waals surface area contributed by atoms with E-state index >= 15 is 0 Å². The second-order valence-corrected chi connectivity index (χ2v) is 5.81. The summed E-state index contributed by atoms with van der Waals surface area (Å²) in [6.07, 6.45) is 0.523. The lowest BCUT2D eigenvalue weighted by Gasteiger charge is -2.13. The first kappa shape index (κ1) is 15.1. The normalized spacial score (nSPS) is 12.7. The first-order valence-electron chi connectivity index (χ1n) is 6.40. The Morgan fingerprint density at radius 3 is 2.72 bits per heavy atom. The molecule has 4 nitrogen and oxygen atoms in total. The molecule has 0 aliphatic carbocycles. The van der Waals surface area contributed by atoms with Crippen molar-refractivity contribution < 1.29 is 4.79 Å². The van der Waals surface area contributed by atoms with Crippen LogP contribution in [0, 0.1) is 12.8 Å². The van der Waals surface area contributed by atoms with E-state index in [4.69, 9.17) is 0 Å². The molecule has 2 N–H and O–H groups in total. The topological polar surface area (TPSA) is 54.0 Å². The van der Waals surface area contributed by atoms with Crippen LogP contribution in [0.4, 0.5) is 0 Å². The molecule has 1 amide bonds. The molecule has 0 bridgehead atoms. The molecular formula is C13H23N3OS. The minimum atomic E-state index is 0.115. The number of hydrogen-bond acceptors (Lipinski definition) is 4. The maximum absolute atomic E-state index is 11.5. The molecule has 1 rings (SSSR count). The number of thiazole rings is 1. The monoisotopic (exact) mass is 269 g/mol. The van der Waals surface area contributed by atoms with Crippen molar-refractivity contribution in [3.05, 3.63) is 16.1 Å². The van der Waals surface area contributed by atoms with E-state index in [0.717, 1.165) is 12.2 Å². The molecule has 0 saturated carbocycles. The average molecular weight is 269 g/mol. The smallest absolute Gasteiger partial charge is 0.221 e. The van der Waals surface area contributed by atoms with Crippen molar-refractivity contribution in [2.24, 2.45) is 5.92 Å². The summed E-state index contributed by atoms with van der Waals surface area (Å²) in [6, 6.07) is 0.260. The molecule has 1 unspecified atom stereocenters. The van der Waals surface area contributed by atoms with Gasteiger partial charge in [0, 0.05) is 30.4 Å². The third-order valence-corrected chi connectivity index (χ3v) is 3.80. The Hall–Kier alpha value is -0.940. The van der Waals surface area contributed by atoms with Crippen LogP contribution in [0.25, 0.3) is 0 Å². The number of aromatic nitrogens is 1. The molecule has 0 aromatic carbocycles. The number of amides is 1. The predicted octanol–water partition coefficient (Wildman–Crippen LogP) is 2.26. The van der Waals surface area contributed by atoms with E-state index in [9.17, 15) is 4.79 Å². The van der Waals surface area contributed by atoms with E-state index < -0.39 is 0 Å².